The number of hydrogen-bond acceptors (Lipinski definition) is 4. The lowest BCUT2D eigenvalue weighted by molar-refractivity contribution is 0.569. The Kier molecular flexibility index (Phi) is 3.55. The summed E-state index contributed by atoms with van der Waals surface area (Å²) in [6.45, 7) is 5.31. The van der Waals surface area contributed by atoms with Crippen molar-refractivity contribution in [1.82, 2.24) is 4.98 Å². The minimum atomic E-state index is 0.0605. The molecule has 0 atom stereocenters. The Balaban J connectivity index is 1.90. The molecule has 0 radical (unpaired) electrons. The molecule has 0 unspecified atom stereocenters. The van der Waals surface area contributed by atoms with Gasteiger partial charge in [-0.25, -0.2) is 0 Å². The van der Waals surface area contributed by atoms with Crippen LogP contribution < -0.4 is 11.1 Å². The molecule has 0 bridgehead atoms. The molecule has 1 aromatic carbocycles. The van der Waals surface area contributed by atoms with E-state index in [2.05, 4.69) is 47.7 Å². The molecule has 2 heterocycles. The normalized spacial score (nSPS) is 11.7. The molecule has 2 aromatic heterocycles. The molecule has 21 heavy (non-hydrogen) atoms. The average molecular weight is 297 g/mol. The van der Waals surface area contributed by atoms with Crippen molar-refractivity contribution in [3.05, 3.63) is 52.9 Å². The summed E-state index contributed by atoms with van der Waals surface area (Å²) in [5.41, 5.74) is 8.80. The summed E-state index contributed by atoms with van der Waals surface area (Å²) in [7, 11) is 0. The number of aromatic nitrogens is 1. The Morgan fingerprint density at radius 1 is 1.19 bits per heavy atom. The van der Waals surface area contributed by atoms with E-state index in [1.165, 1.54) is 4.88 Å². The van der Waals surface area contributed by atoms with Crippen LogP contribution in [0.3, 0.4) is 0 Å². The molecule has 0 spiro atoms. The summed E-state index contributed by atoms with van der Waals surface area (Å²) in [5.74, 6) is 0. The van der Waals surface area contributed by atoms with Crippen molar-refractivity contribution in [3.63, 3.8) is 0 Å². The first-order valence-electron chi connectivity index (χ1n) is 6.99. The molecule has 3 rings (SSSR count). The van der Waals surface area contributed by atoms with Gasteiger partial charge in [-0.2, -0.15) is 0 Å². The number of nitrogens with zero attached hydrogens (tertiary/aromatic N) is 1. The third-order valence-electron chi connectivity index (χ3n) is 3.70. The Hall–Kier alpha value is -2.07. The zero-order chi connectivity index (χ0) is 14.9. The van der Waals surface area contributed by atoms with E-state index in [9.17, 15) is 0 Å². The van der Waals surface area contributed by atoms with Crippen molar-refractivity contribution < 1.29 is 0 Å². The number of benzene rings is 1. The predicted octanol–water partition coefficient (Wildman–Crippen LogP) is 4.27. The molecule has 0 aliphatic heterocycles. The first kappa shape index (κ1) is 13.9. The molecule has 0 aliphatic carbocycles. The summed E-state index contributed by atoms with van der Waals surface area (Å²) in [4.78, 5) is 5.74. The van der Waals surface area contributed by atoms with E-state index in [-0.39, 0.29) is 5.41 Å². The van der Waals surface area contributed by atoms with Crippen LogP contribution in [0.15, 0.2) is 48.0 Å². The molecule has 108 valence electrons. The largest absolute Gasteiger partial charge is 0.396 e. The van der Waals surface area contributed by atoms with Gasteiger partial charge in [0.25, 0.3) is 0 Å². The highest BCUT2D eigenvalue weighted by molar-refractivity contribution is 7.10. The number of thiophene rings is 1. The summed E-state index contributed by atoms with van der Waals surface area (Å²) in [6.07, 6.45) is 1.73. The van der Waals surface area contributed by atoms with Gasteiger partial charge in [0.05, 0.1) is 23.1 Å². The number of nitrogens with one attached hydrogen (secondary N) is 1. The van der Waals surface area contributed by atoms with Gasteiger partial charge in [0.1, 0.15) is 0 Å². The highest BCUT2D eigenvalue weighted by Gasteiger charge is 2.22. The van der Waals surface area contributed by atoms with Crippen molar-refractivity contribution in [1.29, 1.82) is 0 Å². The average Bonchev–Trinajstić information content (AvgIpc) is 3.01. The van der Waals surface area contributed by atoms with E-state index in [1.54, 1.807) is 17.5 Å². The second-order valence-electron chi connectivity index (χ2n) is 5.82. The molecular formula is C17H19N3S. The molecule has 0 saturated heterocycles. The minimum absolute atomic E-state index is 0.0605. The van der Waals surface area contributed by atoms with E-state index in [1.807, 2.05) is 18.2 Å². The van der Waals surface area contributed by atoms with Gasteiger partial charge < -0.3 is 11.1 Å². The first-order chi connectivity index (χ1) is 10.1. The van der Waals surface area contributed by atoms with Crippen LogP contribution in [0, 0.1) is 0 Å². The van der Waals surface area contributed by atoms with Crippen LogP contribution in [0.1, 0.15) is 18.7 Å². The summed E-state index contributed by atoms with van der Waals surface area (Å²) in [5, 5.41) is 6.71. The zero-order valence-corrected chi connectivity index (χ0v) is 13.1. The number of fused-ring (bicyclic) bond motifs is 1. The molecule has 0 fully saturated rings. The van der Waals surface area contributed by atoms with Crippen LogP contribution in [0.4, 0.5) is 11.4 Å². The molecule has 3 nitrogen and oxygen atoms in total. The Morgan fingerprint density at radius 3 is 2.76 bits per heavy atom. The fraction of sp³-hybridized carbons (Fsp3) is 0.235. The van der Waals surface area contributed by atoms with Gasteiger partial charge in [-0.15, -0.1) is 11.3 Å². The maximum atomic E-state index is 6.11. The predicted molar refractivity (Wildman–Crippen MR) is 92.0 cm³/mol. The number of anilines is 2. The van der Waals surface area contributed by atoms with Gasteiger partial charge in [0.2, 0.25) is 0 Å². The lowest BCUT2D eigenvalue weighted by Crippen LogP contribution is -2.27. The second kappa shape index (κ2) is 5.37. The van der Waals surface area contributed by atoms with Crippen LogP contribution in [-0.4, -0.2) is 11.5 Å². The van der Waals surface area contributed by atoms with E-state index in [4.69, 9.17) is 5.73 Å². The van der Waals surface area contributed by atoms with Gasteiger partial charge in [-0.05, 0) is 17.5 Å². The summed E-state index contributed by atoms with van der Waals surface area (Å²) in [6, 6.07) is 12.3. The first-order valence-corrected chi connectivity index (χ1v) is 7.87. The van der Waals surface area contributed by atoms with Gasteiger partial charge >= 0.3 is 0 Å². The molecule has 0 amide bonds. The standard InChI is InChI=1S/C17H19N3S/c1-17(2,15-8-5-9-21-15)11-20-16-12-6-3-4-7-14(12)19-10-13(16)18/h3-10H,11,18H2,1-2H3,(H,19,20). The lowest BCUT2D eigenvalue weighted by atomic mass is 9.91. The Bertz CT molecular complexity index is 748. The maximum absolute atomic E-state index is 6.11. The molecule has 3 aromatic rings. The highest BCUT2D eigenvalue weighted by atomic mass is 32.1. The van der Waals surface area contributed by atoms with Crippen molar-refractivity contribution in [2.24, 2.45) is 0 Å². The van der Waals surface area contributed by atoms with E-state index >= 15 is 0 Å². The molecule has 0 saturated carbocycles. The van der Waals surface area contributed by atoms with Gasteiger partial charge in [0, 0.05) is 22.2 Å². The SMILES string of the molecule is CC(C)(CNc1c(N)cnc2ccccc12)c1cccs1. The van der Waals surface area contributed by atoms with Crippen LogP contribution in [0.25, 0.3) is 10.9 Å². The molecule has 3 N–H and O–H groups in total. The number of nitrogen functional groups attached to an aromatic ring is 1. The molecule has 4 heteroatoms. The van der Waals surface area contributed by atoms with Crippen molar-refractivity contribution in [2.75, 3.05) is 17.6 Å². The molecule has 0 aliphatic rings. The van der Waals surface area contributed by atoms with Crippen molar-refractivity contribution >= 4 is 33.6 Å². The lowest BCUT2D eigenvalue weighted by Gasteiger charge is -2.25. The minimum Gasteiger partial charge on any atom is -0.396 e. The highest BCUT2D eigenvalue weighted by Crippen LogP contribution is 2.31. The van der Waals surface area contributed by atoms with E-state index in [0.717, 1.165) is 23.1 Å². The third kappa shape index (κ3) is 2.72. The van der Waals surface area contributed by atoms with Crippen LogP contribution in [-0.2, 0) is 5.41 Å². The van der Waals surface area contributed by atoms with Crippen molar-refractivity contribution in [3.8, 4) is 0 Å². The third-order valence-corrected chi connectivity index (χ3v) is 4.94. The van der Waals surface area contributed by atoms with Crippen LogP contribution >= 0.6 is 11.3 Å². The summed E-state index contributed by atoms with van der Waals surface area (Å²) < 4.78 is 0. The number of rotatable bonds is 4. The maximum Gasteiger partial charge on any atom is 0.0743 e. The monoisotopic (exact) mass is 297 g/mol. The number of para-hydroxylation sites is 1. The van der Waals surface area contributed by atoms with E-state index < -0.39 is 0 Å². The second-order valence-corrected chi connectivity index (χ2v) is 6.77. The van der Waals surface area contributed by atoms with Crippen LogP contribution in [0.5, 0.6) is 0 Å². The topological polar surface area (TPSA) is 50.9 Å². The van der Waals surface area contributed by atoms with E-state index in [0.29, 0.717) is 5.69 Å². The molecular weight excluding hydrogens is 278 g/mol. The van der Waals surface area contributed by atoms with Gasteiger partial charge in [0.15, 0.2) is 0 Å². The summed E-state index contributed by atoms with van der Waals surface area (Å²) >= 11 is 1.79. The Morgan fingerprint density at radius 2 is 2.00 bits per heavy atom. The fourth-order valence-electron chi connectivity index (χ4n) is 2.41. The number of nitrogens with two attached hydrogens (primary N) is 1. The van der Waals surface area contributed by atoms with Gasteiger partial charge in [-0.3, -0.25) is 4.98 Å². The smallest absolute Gasteiger partial charge is 0.0743 e. The van der Waals surface area contributed by atoms with Crippen LogP contribution in [0.2, 0.25) is 0 Å². The number of pyridine rings is 1. The fourth-order valence-corrected chi connectivity index (χ4v) is 3.27. The Labute approximate surface area is 128 Å². The van der Waals surface area contributed by atoms with Crippen molar-refractivity contribution in [2.45, 2.75) is 19.3 Å². The zero-order valence-electron chi connectivity index (χ0n) is 12.3. The van der Waals surface area contributed by atoms with Gasteiger partial charge in [-0.1, -0.05) is 38.1 Å². The quantitative estimate of drug-likeness (QED) is 0.756. The number of hydrogen-bond donors (Lipinski definition) is 2.